The highest BCUT2D eigenvalue weighted by Crippen LogP contribution is 2.37. The average molecular weight is 364 g/mol. The summed E-state index contributed by atoms with van der Waals surface area (Å²) in [5.41, 5.74) is 2.78. The van der Waals surface area contributed by atoms with Crippen LogP contribution in [0, 0.1) is 0 Å². The van der Waals surface area contributed by atoms with Gasteiger partial charge in [-0.15, -0.1) is 11.3 Å². The molecule has 0 aliphatic rings. The third kappa shape index (κ3) is 3.19. The Morgan fingerprint density at radius 2 is 1.76 bits per heavy atom. The molecule has 0 radical (unpaired) electrons. The minimum absolute atomic E-state index is 1.14. The summed E-state index contributed by atoms with van der Waals surface area (Å²) in [7, 11) is 0. The van der Waals surface area contributed by atoms with Crippen LogP contribution >= 0.6 is 27.3 Å². The van der Waals surface area contributed by atoms with Crippen LogP contribution in [0.2, 0.25) is 0 Å². The monoisotopic (exact) mass is 363 g/mol. The fraction of sp³-hybridized carbons (Fsp3) is 0.444. The van der Waals surface area contributed by atoms with Gasteiger partial charge in [-0.1, -0.05) is 57.2 Å². The van der Waals surface area contributed by atoms with E-state index in [9.17, 15) is 0 Å². The summed E-state index contributed by atoms with van der Waals surface area (Å²) in [4.78, 5) is 0. The molecule has 0 bridgehead atoms. The molecule has 0 spiro atoms. The van der Waals surface area contributed by atoms with Crippen LogP contribution in [0.25, 0.3) is 21.1 Å². The highest BCUT2D eigenvalue weighted by Gasteiger charge is 2.12. The van der Waals surface area contributed by atoms with Crippen molar-refractivity contribution in [1.82, 2.24) is 4.57 Å². The number of para-hydroxylation sites is 1. The van der Waals surface area contributed by atoms with Gasteiger partial charge in [0.25, 0.3) is 0 Å². The van der Waals surface area contributed by atoms with Gasteiger partial charge in [0.2, 0.25) is 0 Å². The number of hydrogen-bond acceptors (Lipinski definition) is 1. The molecular formula is C18H22BrNS. The van der Waals surface area contributed by atoms with E-state index in [4.69, 9.17) is 0 Å². The number of halogens is 1. The van der Waals surface area contributed by atoms with Crippen LogP contribution in [0.5, 0.6) is 0 Å². The second kappa shape index (κ2) is 6.97. The molecule has 1 nitrogen and oxygen atoms in total. The number of hydrogen-bond donors (Lipinski definition) is 0. The van der Waals surface area contributed by atoms with Crippen molar-refractivity contribution in [3.05, 3.63) is 34.1 Å². The van der Waals surface area contributed by atoms with Crippen molar-refractivity contribution in [2.24, 2.45) is 0 Å². The van der Waals surface area contributed by atoms with Gasteiger partial charge in [-0.25, -0.2) is 0 Å². The number of rotatable bonds is 7. The lowest BCUT2D eigenvalue weighted by Crippen LogP contribution is -1.97. The third-order valence-electron chi connectivity index (χ3n) is 4.15. The van der Waals surface area contributed by atoms with Gasteiger partial charge in [0, 0.05) is 17.4 Å². The third-order valence-corrected chi connectivity index (χ3v) is 5.81. The van der Waals surface area contributed by atoms with E-state index in [1.165, 1.54) is 63.4 Å². The van der Waals surface area contributed by atoms with Crippen LogP contribution in [0.1, 0.15) is 45.4 Å². The van der Waals surface area contributed by atoms with E-state index in [2.05, 4.69) is 57.8 Å². The smallest absolute Gasteiger partial charge is 0.0726 e. The van der Waals surface area contributed by atoms with Crippen molar-refractivity contribution in [2.45, 2.75) is 52.0 Å². The van der Waals surface area contributed by atoms with Crippen LogP contribution in [-0.4, -0.2) is 4.57 Å². The maximum Gasteiger partial charge on any atom is 0.0726 e. The largest absolute Gasteiger partial charge is 0.340 e. The Labute approximate surface area is 139 Å². The Morgan fingerprint density at radius 3 is 2.62 bits per heavy atom. The van der Waals surface area contributed by atoms with Crippen LogP contribution in [0.4, 0.5) is 0 Å². The molecule has 21 heavy (non-hydrogen) atoms. The van der Waals surface area contributed by atoms with Crippen molar-refractivity contribution in [1.29, 1.82) is 0 Å². The molecular weight excluding hydrogens is 342 g/mol. The second-order valence-corrected chi connectivity index (χ2v) is 8.13. The van der Waals surface area contributed by atoms with E-state index < -0.39 is 0 Å². The second-order valence-electron chi connectivity index (χ2n) is 5.70. The van der Waals surface area contributed by atoms with E-state index in [1.54, 1.807) is 0 Å². The van der Waals surface area contributed by atoms with Gasteiger partial charge in [0.15, 0.2) is 0 Å². The first-order valence-electron chi connectivity index (χ1n) is 7.97. The lowest BCUT2D eigenvalue weighted by molar-refractivity contribution is 0.571. The molecule has 0 saturated heterocycles. The first kappa shape index (κ1) is 15.1. The zero-order chi connectivity index (χ0) is 14.7. The summed E-state index contributed by atoms with van der Waals surface area (Å²) in [5, 5.41) is 1.40. The van der Waals surface area contributed by atoms with Gasteiger partial charge in [0.1, 0.15) is 0 Å². The maximum atomic E-state index is 3.64. The number of benzene rings is 1. The summed E-state index contributed by atoms with van der Waals surface area (Å²) in [6, 6.07) is 11.1. The predicted octanol–water partition coefficient (Wildman–Crippen LogP) is 6.98. The number of aromatic nitrogens is 1. The van der Waals surface area contributed by atoms with E-state index in [1.807, 2.05) is 11.3 Å². The molecule has 3 heteroatoms. The molecule has 2 aromatic heterocycles. The van der Waals surface area contributed by atoms with Gasteiger partial charge in [-0.2, -0.15) is 0 Å². The van der Waals surface area contributed by atoms with Gasteiger partial charge in [-0.3, -0.25) is 0 Å². The summed E-state index contributed by atoms with van der Waals surface area (Å²) in [6.45, 7) is 3.41. The fourth-order valence-corrected chi connectivity index (χ4v) is 4.69. The van der Waals surface area contributed by atoms with Crippen LogP contribution < -0.4 is 0 Å². The topological polar surface area (TPSA) is 4.93 Å². The Hall–Kier alpha value is -0.800. The van der Waals surface area contributed by atoms with Crippen molar-refractivity contribution in [3.8, 4) is 0 Å². The Bertz CT molecular complexity index is 725. The van der Waals surface area contributed by atoms with E-state index in [0.29, 0.717) is 0 Å². The van der Waals surface area contributed by atoms with Gasteiger partial charge in [-0.05, 0) is 34.5 Å². The fourth-order valence-electron chi connectivity index (χ4n) is 3.07. The SMILES string of the molecule is CCCCCCCCn1c2ccccc2c2sc(Br)cc21. The molecule has 112 valence electrons. The maximum absolute atomic E-state index is 3.64. The van der Waals surface area contributed by atoms with Gasteiger partial charge < -0.3 is 4.57 Å². The number of unbranched alkanes of at least 4 members (excludes halogenated alkanes) is 5. The first-order chi connectivity index (χ1) is 10.3. The average Bonchev–Trinajstić information content (AvgIpc) is 2.99. The molecule has 0 N–H and O–H groups in total. The summed E-state index contributed by atoms with van der Waals surface area (Å²) in [6.07, 6.45) is 8.11. The molecule has 0 saturated carbocycles. The molecule has 0 aliphatic carbocycles. The zero-order valence-corrected chi connectivity index (χ0v) is 15.0. The predicted molar refractivity (Wildman–Crippen MR) is 98.4 cm³/mol. The molecule has 2 heterocycles. The van der Waals surface area contributed by atoms with E-state index >= 15 is 0 Å². The Kier molecular flexibility index (Phi) is 5.02. The minimum Gasteiger partial charge on any atom is -0.340 e. The van der Waals surface area contributed by atoms with Crippen LogP contribution in [0.15, 0.2) is 34.1 Å². The Balaban J connectivity index is 1.79. The normalized spacial score (nSPS) is 11.7. The summed E-state index contributed by atoms with van der Waals surface area (Å²) in [5.74, 6) is 0. The minimum atomic E-state index is 1.14. The number of thiophene rings is 1. The van der Waals surface area contributed by atoms with Crippen LogP contribution in [-0.2, 0) is 6.54 Å². The molecule has 0 aliphatic heterocycles. The highest BCUT2D eigenvalue weighted by atomic mass is 79.9. The van der Waals surface area contributed by atoms with Crippen molar-refractivity contribution in [2.75, 3.05) is 0 Å². The summed E-state index contributed by atoms with van der Waals surface area (Å²) < 4.78 is 5.16. The van der Waals surface area contributed by atoms with Crippen molar-refractivity contribution < 1.29 is 0 Å². The molecule has 1 aromatic carbocycles. The van der Waals surface area contributed by atoms with Crippen LogP contribution in [0.3, 0.4) is 0 Å². The number of fused-ring (bicyclic) bond motifs is 3. The number of aryl methyl sites for hydroxylation is 1. The van der Waals surface area contributed by atoms with Crippen molar-refractivity contribution >= 4 is 48.4 Å². The van der Waals surface area contributed by atoms with Gasteiger partial charge in [0.05, 0.1) is 14.0 Å². The lowest BCUT2D eigenvalue weighted by atomic mass is 10.1. The van der Waals surface area contributed by atoms with Crippen molar-refractivity contribution in [3.63, 3.8) is 0 Å². The first-order valence-corrected chi connectivity index (χ1v) is 9.58. The quantitative estimate of drug-likeness (QED) is 0.399. The molecule has 3 rings (SSSR count). The highest BCUT2D eigenvalue weighted by molar-refractivity contribution is 9.11. The zero-order valence-electron chi connectivity index (χ0n) is 12.6. The molecule has 0 amide bonds. The molecule has 0 atom stereocenters. The molecule has 3 aromatic rings. The van der Waals surface area contributed by atoms with E-state index in [0.717, 1.165) is 6.54 Å². The standard InChI is InChI=1S/C18H22BrNS/c1-2-3-4-5-6-9-12-20-15-11-8-7-10-14(15)18-16(20)13-17(19)21-18/h7-8,10-11,13H,2-6,9,12H2,1H3. The van der Waals surface area contributed by atoms with Gasteiger partial charge >= 0.3 is 0 Å². The lowest BCUT2D eigenvalue weighted by Gasteiger charge is -2.06. The molecule has 0 unspecified atom stereocenters. The summed E-state index contributed by atoms with van der Waals surface area (Å²) >= 11 is 5.49. The molecule has 0 fully saturated rings. The van der Waals surface area contributed by atoms with E-state index in [-0.39, 0.29) is 0 Å². The Morgan fingerprint density at radius 1 is 1.00 bits per heavy atom. The number of nitrogens with zero attached hydrogens (tertiary/aromatic N) is 1.